The van der Waals surface area contributed by atoms with E-state index in [9.17, 15) is 23.1 Å². The molecular formula is C16H18ClF3N4O2. The van der Waals surface area contributed by atoms with Gasteiger partial charge in [-0.05, 0) is 24.3 Å². The molecule has 1 saturated heterocycles. The second-order valence-corrected chi connectivity index (χ2v) is 5.89. The zero-order valence-corrected chi connectivity index (χ0v) is 14.3. The van der Waals surface area contributed by atoms with Gasteiger partial charge in [0.1, 0.15) is 0 Å². The smallest absolute Gasteiger partial charge is 0.391 e. The van der Waals surface area contributed by atoms with E-state index in [1.807, 2.05) is 0 Å². The van der Waals surface area contributed by atoms with Gasteiger partial charge in [-0.25, -0.2) is 4.68 Å². The summed E-state index contributed by atoms with van der Waals surface area (Å²) in [6, 6.07) is 6.13. The summed E-state index contributed by atoms with van der Waals surface area (Å²) in [5.41, 5.74) is -0.476. The van der Waals surface area contributed by atoms with Crippen molar-refractivity contribution in [3.05, 3.63) is 47.8 Å². The van der Waals surface area contributed by atoms with Gasteiger partial charge in [0, 0.05) is 31.7 Å². The molecule has 2 aromatic rings. The van der Waals surface area contributed by atoms with Gasteiger partial charge in [0.25, 0.3) is 5.91 Å². The van der Waals surface area contributed by atoms with Crippen LogP contribution in [0.2, 0.25) is 0 Å². The minimum absolute atomic E-state index is 0. The zero-order chi connectivity index (χ0) is 18.0. The van der Waals surface area contributed by atoms with Crippen molar-refractivity contribution in [1.29, 1.82) is 0 Å². The van der Waals surface area contributed by atoms with Crippen LogP contribution in [-0.2, 0) is 6.18 Å². The molecule has 3 rings (SSSR count). The normalized spacial score (nSPS) is 19.8. The molecule has 1 amide bonds. The van der Waals surface area contributed by atoms with Gasteiger partial charge in [-0.1, -0.05) is 6.07 Å². The van der Waals surface area contributed by atoms with Crippen LogP contribution in [0.3, 0.4) is 0 Å². The van der Waals surface area contributed by atoms with Gasteiger partial charge < -0.3 is 15.7 Å². The van der Waals surface area contributed by atoms with Crippen molar-refractivity contribution in [3.63, 3.8) is 0 Å². The molecule has 0 radical (unpaired) electrons. The number of aliphatic hydroxyl groups is 1. The van der Waals surface area contributed by atoms with Crippen LogP contribution in [0.25, 0.3) is 5.69 Å². The molecule has 1 fully saturated rings. The summed E-state index contributed by atoms with van der Waals surface area (Å²) in [7, 11) is 0. The fourth-order valence-corrected chi connectivity index (χ4v) is 2.66. The fraction of sp³-hybridized carbons (Fsp3) is 0.375. The topological polar surface area (TPSA) is 79.2 Å². The number of amides is 1. The largest absolute Gasteiger partial charge is 0.416 e. The lowest BCUT2D eigenvalue weighted by Crippen LogP contribution is -2.34. The third-order valence-corrected chi connectivity index (χ3v) is 4.09. The highest BCUT2D eigenvalue weighted by molar-refractivity contribution is 5.92. The van der Waals surface area contributed by atoms with Gasteiger partial charge in [-0.3, -0.25) is 4.79 Å². The first-order chi connectivity index (χ1) is 11.8. The summed E-state index contributed by atoms with van der Waals surface area (Å²) in [5.74, 6) is -0.515. The maximum Gasteiger partial charge on any atom is 0.416 e. The molecule has 1 aliphatic heterocycles. The van der Waals surface area contributed by atoms with Crippen molar-refractivity contribution in [2.75, 3.05) is 19.6 Å². The Bertz CT molecular complexity index is 766. The molecule has 0 aliphatic carbocycles. The van der Waals surface area contributed by atoms with Crippen LogP contribution >= 0.6 is 12.4 Å². The van der Waals surface area contributed by atoms with Crippen molar-refractivity contribution in [2.45, 2.75) is 12.3 Å². The number of aromatic nitrogens is 2. The Balaban J connectivity index is 0.00000243. The molecule has 6 nitrogen and oxygen atoms in total. The first-order valence-electron chi connectivity index (χ1n) is 7.75. The Kier molecular flexibility index (Phi) is 6.27. The molecule has 0 bridgehead atoms. The van der Waals surface area contributed by atoms with E-state index in [1.54, 1.807) is 0 Å². The Labute approximate surface area is 153 Å². The van der Waals surface area contributed by atoms with E-state index >= 15 is 0 Å². The van der Waals surface area contributed by atoms with E-state index in [4.69, 9.17) is 0 Å². The number of hydrogen-bond acceptors (Lipinski definition) is 4. The van der Waals surface area contributed by atoms with Crippen LogP contribution in [0.1, 0.15) is 16.1 Å². The van der Waals surface area contributed by atoms with Gasteiger partial charge in [0.2, 0.25) is 0 Å². The van der Waals surface area contributed by atoms with E-state index in [1.165, 1.54) is 29.1 Å². The molecule has 0 spiro atoms. The van der Waals surface area contributed by atoms with Gasteiger partial charge in [-0.2, -0.15) is 18.3 Å². The van der Waals surface area contributed by atoms with Crippen LogP contribution in [-0.4, -0.2) is 46.5 Å². The molecule has 10 heteroatoms. The number of rotatable bonds is 4. The number of nitrogens with zero attached hydrogens (tertiary/aromatic N) is 2. The van der Waals surface area contributed by atoms with Gasteiger partial charge >= 0.3 is 6.18 Å². The summed E-state index contributed by atoms with van der Waals surface area (Å²) >= 11 is 0. The van der Waals surface area contributed by atoms with Crippen molar-refractivity contribution in [2.24, 2.45) is 5.92 Å². The number of carbonyl (C=O) groups excluding carboxylic acids is 1. The Hall–Kier alpha value is -2.10. The van der Waals surface area contributed by atoms with Crippen molar-refractivity contribution in [1.82, 2.24) is 20.4 Å². The highest BCUT2D eigenvalue weighted by Gasteiger charge is 2.30. The monoisotopic (exact) mass is 390 g/mol. The van der Waals surface area contributed by atoms with Crippen LogP contribution in [0, 0.1) is 5.92 Å². The molecule has 26 heavy (non-hydrogen) atoms. The molecule has 2 unspecified atom stereocenters. The number of hydrogen-bond donors (Lipinski definition) is 3. The van der Waals surface area contributed by atoms with Gasteiger partial charge in [0.05, 0.1) is 17.4 Å². The standard InChI is InChI=1S/C16H17F3N4O2.ClH/c17-16(18,19)11-2-1-3-12(6-11)23-5-4-13(22-23)15(25)21-8-10-7-20-9-14(10)24;/h1-6,10,14,20,24H,7-9H2,(H,21,25);1H. The van der Waals surface area contributed by atoms with Crippen molar-refractivity contribution in [3.8, 4) is 5.69 Å². The Morgan fingerprint density at radius 3 is 2.77 bits per heavy atom. The third-order valence-electron chi connectivity index (χ3n) is 4.09. The molecule has 142 valence electrons. The Morgan fingerprint density at radius 2 is 2.12 bits per heavy atom. The predicted octanol–water partition coefficient (Wildman–Crippen LogP) is 1.62. The number of halogens is 4. The average molecular weight is 391 g/mol. The van der Waals surface area contributed by atoms with Gasteiger partial charge in [0.15, 0.2) is 5.69 Å². The minimum Gasteiger partial charge on any atom is -0.391 e. The number of carbonyl (C=O) groups is 1. The summed E-state index contributed by atoms with van der Waals surface area (Å²) in [6.07, 6.45) is -3.53. The van der Waals surface area contributed by atoms with Crippen LogP contribution < -0.4 is 10.6 Å². The lowest BCUT2D eigenvalue weighted by Gasteiger charge is -2.13. The van der Waals surface area contributed by atoms with Crippen molar-refractivity contribution < 1.29 is 23.1 Å². The van der Waals surface area contributed by atoms with E-state index in [2.05, 4.69) is 15.7 Å². The lowest BCUT2D eigenvalue weighted by molar-refractivity contribution is -0.137. The number of benzene rings is 1. The third kappa shape index (κ3) is 4.54. The predicted molar refractivity (Wildman–Crippen MR) is 90.5 cm³/mol. The first kappa shape index (κ1) is 20.2. The fourth-order valence-electron chi connectivity index (χ4n) is 2.66. The SMILES string of the molecule is Cl.O=C(NCC1CNCC1O)c1ccn(-c2cccc(C(F)(F)F)c2)n1. The second-order valence-electron chi connectivity index (χ2n) is 5.89. The van der Waals surface area contributed by atoms with Crippen molar-refractivity contribution >= 4 is 18.3 Å². The summed E-state index contributed by atoms with van der Waals surface area (Å²) in [6.45, 7) is 1.40. The maximum atomic E-state index is 12.8. The summed E-state index contributed by atoms with van der Waals surface area (Å²) < 4.78 is 39.6. The first-order valence-corrected chi connectivity index (χ1v) is 7.75. The summed E-state index contributed by atoms with van der Waals surface area (Å²) in [5, 5.41) is 19.4. The van der Waals surface area contributed by atoms with E-state index in [-0.39, 0.29) is 29.7 Å². The number of β-amino-alcohol motifs (C(OH)–C–C–N with tert-alkyl or cyclic N) is 1. The van der Waals surface area contributed by atoms with Crippen LogP contribution in [0.5, 0.6) is 0 Å². The minimum atomic E-state index is -4.44. The average Bonchev–Trinajstić information content (AvgIpc) is 3.21. The highest BCUT2D eigenvalue weighted by atomic mass is 35.5. The highest BCUT2D eigenvalue weighted by Crippen LogP contribution is 2.30. The maximum absolute atomic E-state index is 12.8. The molecule has 1 aromatic heterocycles. The molecule has 1 aliphatic rings. The molecule has 2 heterocycles. The molecule has 0 saturated carbocycles. The second kappa shape index (κ2) is 8.07. The zero-order valence-electron chi connectivity index (χ0n) is 13.5. The van der Waals surface area contributed by atoms with E-state index < -0.39 is 23.8 Å². The molecule has 2 atom stereocenters. The quantitative estimate of drug-likeness (QED) is 0.741. The summed E-state index contributed by atoms with van der Waals surface area (Å²) in [4.78, 5) is 12.1. The number of alkyl halides is 3. The lowest BCUT2D eigenvalue weighted by atomic mass is 10.1. The Morgan fingerprint density at radius 1 is 1.35 bits per heavy atom. The van der Waals surface area contributed by atoms with Gasteiger partial charge in [-0.15, -0.1) is 12.4 Å². The number of aliphatic hydroxyl groups excluding tert-OH is 1. The molecule has 3 N–H and O–H groups in total. The van der Waals surface area contributed by atoms with E-state index in [0.29, 0.717) is 19.6 Å². The molecular weight excluding hydrogens is 373 g/mol. The number of nitrogens with one attached hydrogen (secondary N) is 2. The molecule has 1 aromatic carbocycles. The van der Waals surface area contributed by atoms with Crippen LogP contribution in [0.15, 0.2) is 36.5 Å². The van der Waals surface area contributed by atoms with Crippen LogP contribution in [0.4, 0.5) is 13.2 Å². The van der Waals surface area contributed by atoms with E-state index in [0.717, 1.165) is 12.1 Å².